The summed E-state index contributed by atoms with van der Waals surface area (Å²) in [6, 6.07) is 18.6. The Kier molecular flexibility index (Phi) is 5.87. The topological polar surface area (TPSA) is 43.4 Å². The number of hydrogen-bond acceptors (Lipinski definition) is 4. The average Bonchev–Trinajstić information content (AvgIpc) is 2.72. The lowest BCUT2D eigenvalue weighted by molar-refractivity contribution is 0.0913. The van der Waals surface area contributed by atoms with Gasteiger partial charge in [0.2, 0.25) is 0 Å². The number of ether oxygens (including phenoxy) is 2. The van der Waals surface area contributed by atoms with Gasteiger partial charge in [0.1, 0.15) is 11.9 Å². The van der Waals surface area contributed by atoms with Crippen LogP contribution >= 0.6 is 0 Å². The first kappa shape index (κ1) is 18.0. The molecule has 0 spiro atoms. The van der Waals surface area contributed by atoms with Crippen LogP contribution in [0, 0.1) is 0 Å². The lowest BCUT2D eigenvalue weighted by atomic mass is 9.98. The Hall–Kier alpha value is -2.85. The summed E-state index contributed by atoms with van der Waals surface area (Å²) in [7, 11) is 3.57. The van der Waals surface area contributed by atoms with E-state index in [2.05, 4.69) is 40.6 Å². The molecule has 1 atom stereocenters. The van der Waals surface area contributed by atoms with Crippen LogP contribution in [0.1, 0.15) is 24.2 Å². The number of nitrogens with zero attached hydrogens (tertiary/aromatic N) is 1. The Balaban J connectivity index is 1.90. The van der Waals surface area contributed by atoms with E-state index in [1.54, 1.807) is 19.5 Å². The summed E-state index contributed by atoms with van der Waals surface area (Å²) in [5.41, 5.74) is 5.46. The lowest BCUT2D eigenvalue weighted by Gasteiger charge is -2.18. The fourth-order valence-electron chi connectivity index (χ4n) is 3.02. The summed E-state index contributed by atoms with van der Waals surface area (Å²) >= 11 is 0. The molecule has 134 valence electrons. The molecule has 1 N–H and O–H groups in total. The Morgan fingerprint density at radius 2 is 1.58 bits per heavy atom. The van der Waals surface area contributed by atoms with Gasteiger partial charge in [-0.2, -0.15) is 0 Å². The molecule has 0 saturated carbocycles. The Morgan fingerprint density at radius 3 is 2.19 bits per heavy atom. The van der Waals surface area contributed by atoms with Crippen LogP contribution < -0.4 is 10.1 Å². The van der Waals surface area contributed by atoms with Crippen molar-refractivity contribution in [3.63, 3.8) is 0 Å². The lowest BCUT2D eigenvalue weighted by Crippen LogP contribution is -2.06. The van der Waals surface area contributed by atoms with Crippen molar-refractivity contribution in [2.45, 2.75) is 13.0 Å². The molecule has 0 bridgehead atoms. The minimum atomic E-state index is -0.0850. The predicted octanol–water partition coefficient (Wildman–Crippen LogP) is 4.92. The van der Waals surface area contributed by atoms with Crippen LogP contribution in [-0.2, 0) is 4.74 Å². The largest absolute Gasteiger partial charge is 0.495 e. The van der Waals surface area contributed by atoms with Crippen molar-refractivity contribution in [3.05, 3.63) is 78.1 Å². The number of rotatable bonds is 7. The predicted molar refractivity (Wildman–Crippen MR) is 106 cm³/mol. The van der Waals surface area contributed by atoms with Crippen LogP contribution in [-0.4, -0.2) is 25.7 Å². The second kappa shape index (κ2) is 8.50. The Labute approximate surface area is 154 Å². The highest BCUT2D eigenvalue weighted by Crippen LogP contribution is 2.32. The smallest absolute Gasteiger partial charge is 0.142 e. The van der Waals surface area contributed by atoms with Crippen molar-refractivity contribution >= 4 is 5.69 Å². The SMILES string of the molecule is CCOC(c1ccncc1)c1ccc(-c2ccc(NC)c(OC)c2)cc1. The second-order valence-electron chi connectivity index (χ2n) is 5.90. The van der Waals surface area contributed by atoms with Gasteiger partial charge < -0.3 is 14.8 Å². The monoisotopic (exact) mass is 348 g/mol. The van der Waals surface area contributed by atoms with Crippen molar-refractivity contribution in [2.75, 3.05) is 26.1 Å². The maximum atomic E-state index is 5.97. The minimum Gasteiger partial charge on any atom is -0.495 e. The second-order valence-corrected chi connectivity index (χ2v) is 5.90. The Morgan fingerprint density at radius 1 is 0.923 bits per heavy atom. The quantitative estimate of drug-likeness (QED) is 0.658. The van der Waals surface area contributed by atoms with Gasteiger partial charge in [-0.1, -0.05) is 30.3 Å². The van der Waals surface area contributed by atoms with Crippen LogP contribution in [0.3, 0.4) is 0 Å². The molecule has 0 radical (unpaired) electrons. The molecular formula is C22H24N2O2. The molecule has 0 aliphatic heterocycles. The van der Waals surface area contributed by atoms with Gasteiger partial charge >= 0.3 is 0 Å². The number of hydrogen-bond donors (Lipinski definition) is 1. The van der Waals surface area contributed by atoms with E-state index >= 15 is 0 Å². The van der Waals surface area contributed by atoms with Crippen molar-refractivity contribution in [1.82, 2.24) is 4.98 Å². The van der Waals surface area contributed by atoms with E-state index in [1.807, 2.05) is 38.2 Å². The molecular weight excluding hydrogens is 324 g/mol. The number of aromatic nitrogens is 1. The molecule has 1 unspecified atom stereocenters. The molecule has 0 saturated heterocycles. The zero-order valence-corrected chi connectivity index (χ0v) is 15.4. The van der Waals surface area contributed by atoms with E-state index in [0.717, 1.165) is 33.7 Å². The molecule has 3 rings (SSSR count). The number of nitrogens with one attached hydrogen (secondary N) is 1. The summed E-state index contributed by atoms with van der Waals surface area (Å²) in [4.78, 5) is 4.09. The molecule has 3 aromatic rings. The van der Waals surface area contributed by atoms with E-state index in [0.29, 0.717) is 6.61 Å². The molecule has 0 aliphatic carbocycles. The maximum absolute atomic E-state index is 5.97. The first-order valence-corrected chi connectivity index (χ1v) is 8.74. The van der Waals surface area contributed by atoms with Crippen LogP contribution in [0.5, 0.6) is 5.75 Å². The first-order valence-electron chi connectivity index (χ1n) is 8.74. The highest BCUT2D eigenvalue weighted by Gasteiger charge is 2.14. The van der Waals surface area contributed by atoms with Crippen molar-refractivity contribution < 1.29 is 9.47 Å². The highest BCUT2D eigenvalue weighted by atomic mass is 16.5. The van der Waals surface area contributed by atoms with Gasteiger partial charge in [0.15, 0.2) is 0 Å². The molecule has 4 nitrogen and oxygen atoms in total. The molecule has 0 fully saturated rings. The van der Waals surface area contributed by atoms with Gasteiger partial charge in [0.25, 0.3) is 0 Å². The molecule has 1 heterocycles. The summed E-state index contributed by atoms with van der Waals surface area (Å²) in [6.07, 6.45) is 3.51. The standard InChI is InChI=1S/C22H24N2O2/c1-4-26-22(18-11-13-24-14-12-18)17-7-5-16(6-8-17)19-9-10-20(23-2)21(15-19)25-3/h5-15,22-23H,4H2,1-3H3. The third-order valence-electron chi connectivity index (χ3n) is 4.36. The zero-order chi connectivity index (χ0) is 18.4. The summed E-state index contributed by atoms with van der Waals surface area (Å²) in [5, 5.41) is 3.13. The van der Waals surface area contributed by atoms with Crippen LogP contribution in [0.2, 0.25) is 0 Å². The van der Waals surface area contributed by atoms with E-state index in [1.165, 1.54) is 0 Å². The maximum Gasteiger partial charge on any atom is 0.142 e. The highest BCUT2D eigenvalue weighted by molar-refractivity contribution is 5.71. The number of anilines is 1. The molecule has 26 heavy (non-hydrogen) atoms. The number of benzene rings is 2. The van der Waals surface area contributed by atoms with Gasteiger partial charge in [-0.25, -0.2) is 0 Å². The Bertz CT molecular complexity index is 833. The number of methoxy groups -OCH3 is 1. The average molecular weight is 348 g/mol. The van der Waals surface area contributed by atoms with Gasteiger partial charge in [0.05, 0.1) is 12.8 Å². The molecule has 2 aromatic carbocycles. The molecule has 0 aliphatic rings. The van der Waals surface area contributed by atoms with Crippen LogP contribution in [0.15, 0.2) is 67.0 Å². The molecule has 4 heteroatoms. The summed E-state index contributed by atoms with van der Waals surface area (Å²) < 4.78 is 11.4. The van der Waals surface area contributed by atoms with Crippen molar-refractivity contribution in [3.8, 4) is 16.9 Å². The molecule has 1 aromatic heterocycles. The van der Waals surface area contributed by atoms with E-state index in [-0.39, 0.29) is 6.10 Å². The third kappa shape index (κ3) is 3.86. The van der Waals surface area contributed by atoms with Gasteiger partial charge in [-0.3, -0.25) is 4.98 Å². The van der Waals surface area contributed by atoms with Crippen LogP contribution in [0.4, 0.5) is 5.69 Å². The third-order valence-corrected chi connectivity index (χ3v) is 4.36. The van der Waals surface area contributed by atoms with E-state index < -0.39 is 0 Å². The fraction of sp³-hybridized carbons (Fsp3) is 0.227. The summed E-state index contributed by atoms with van der Waals surface area (Å²) in [5.74, 6) is 0.832. The van der Waals surface area contributed by atoms with Crippen molar-refractivity contribution in [1.29, 1.82) is 0 Å². The zero-order valence-electron chi connectivity index (χ0n) is 15.4. The van der Waals surface area contributed by atoms with Crippen molar-refractivity contribution in [2.24, 2.45) is 0 Å². The summed E-state index contributed by atoms with van der Waals surface area (Å²) in [6.45, 7) is 2.66. The number of pyridine rings is 1. The molecule has 0 amide bonds. The van der Waals surface area contributed by atoms with E-state index in [4.69, 9.17) is 9.47 Å². The minimum absolute atomic E-state index is 0.0850. The van der Waals surface area contributed by atoms with Gasteiger partial charge in [-0.05, 0) is 53.4 Å². The van der Waals surface area contributed by atoms with Gasteiger partial charge in [0, 0.05) is 26.0 Å². The van der Waals surface area contributed by atoms with Crippen LogP contribution in [0.25, 0.3) is 11.1 Å². The fourth-order valence-corrected chi connectivity index (χ4v) is 3.02. The van der Waals surface area contributed by atoms with E-state index in [9.17, 15) is 0 Å². The normalized spacial score (nSPS) is 11.8. The van der Waals surface area contributed by atoms with Gasteiger partial charge in [-0.15, -0.1) is 0 Å². The first-order chi connectivity index (χ1) is 12.8.